The van der Waals surface area contributed by atoms with Gasteiger partial charge in [-0.3, -0.25) is 4.79 Å². The second kappa shape index (κ2) is 5.72. The molecule has 5 heteroatoms. The number of rotatable bonds is 3. The number of hydrogen-bond acceptors (Lipinski definition) is 4. The van der Waals surface area contributed by atoms with Crippen molar-refractivity contribution in [3.05, 3.63) is 29.8 Å². The summed E-state index contributed by atoms with van der Waals surface area (Å²) in [5, 5.41) is 11.9. The van der Waals surface area contributed by atoms with Crippen molar-refractivity contribution in [1.82, 2.24) is 5.32 Å². The van der Waals surface area contributed by atoms with Gasteiger partial charge in [0, 0.05) is 18.3 Å². The molecule has 1 aromatic rings. The molecule has 100 valence electrons. The van der Waals surface area contributed by atoms with Gasteiger partial charge in [-0.05, 0) is 38.1 Å². The third-order valence-electron chi connectivity index (χ3n) is 3.40. The number of carbonyl (C=O) groups is 1. The van der Waals surface area contributed by atoms with Crippen molar-refractivity contribution in [2.75, 3.05) is 18.0 Å². The molecule has 2 atom stereocenters. The first kappa shape index (κ1) is 13.4. The van der Waals surface area contributed by atoms with Crippen LogP contribution in [0.5, 0.6) is 0 Å². The average molecular weight is 258 g/mol. The van der Waals surface area contributed by atoms with Crippen LogP contribution in [0, 0.1) is 11.3 Å². The van der Waals surface area contributed by atoms with Crippen molar-refractivity contribution in [3.63, 3.8) is 0 Å². The first-order valence-electron chi connectivity index (χ1n) is 6.43. The summed E-state index contributed by atoms with van der Waals surface area (Å²) in [6, 6.07) is 9.40. The number of nitrogens with two attached hydrogens (primary N) is 1. The monoisotopic (exact) mass is 258 g/mol. The quantitative estimate of drug-likeness (QED) is 0.831. The Kier molecular flexibility index (Phi) is 4.03. The summed E-state index contributed by atoms with van der Waals surface area (Å²) in [4.78, 5) is 14.1. The Balaban J connectivity index is 2.36. The lowest BCUT2D eigenvalue weighted by atomic mass is 10.0. The predicted octanol–water partition coefficient (Wildman–Crippen LogP) is 0.600. The zero-order valence-corrected chi connectivity index (χ0v) is 11.0. The second-order valence-corrected chi connectivity index (χ2v) is 4.76. The number of piperazine rings is 1. The van der Waals surface area contributed by atoms with E-state index in [-0.39, 0.29) is 18.0 Å². The molecule has 0 radical (unpaired) electrons. The van der Waals surface area contributed by atoms with Crippen molar-refractivity contribution >= 4 is 11.6 Å². The van der Waals surface area contributed by atoms with Crippen molar-refractivity contribution < 1.29 is 4.79 Å². The van der Waals surface area contributed by atoms with Gasteiger partial charge < -0.3 is 16.0 Å². The van der Waals surface area contributed by atoms with E-state index in [1.807, 2.05) is 18.2 Å². The Morgan fingerprint density at radius 2 is 2.37 bits per heavy atom. The van der Waals surface area contributed by atoms with Gasteiger partial charge in [0.2, 0.25) is 5.91 Å². The number of nitrogens with zero attached hydrogens (tertiary/aromatic N) is 2. The maximum absolute atomic E-state index is 12.0. The maximum atomic E-state index is 12.0. The van der Waals surface area contributed by atoms with Crippen molar-refractivity contribution in [2.45, 2.75) is 25.4 Å². The highest BCUT2D eigenvalue weighted by molar-refractivity contribution is 5.87. The molecule has 1 aliphatic rings. The smallest absolute Gasteiger partial charge is 0.242 e. The number of benzene rings is 1. The van der Waals surface area contributed by atoms with Crippen LogP contribution in [-0.2, 0) is 4.79 Å². The SMILES string of the molecule is CC1CNC(=O)C(CCN)N1c1cccc(C#N)c1. The lowest BCUT2D eigenvalue weighted by Crippen LogP contribution is -2.60. The first-order chi connectivity index (χ1) is 9.17. The molecule has 3 N–H and O–H groups in total. The van der Waals surface area contributed by atoms with Crippen LogP contribution in [0.1, 0.15) is 18.9 Å². The average Bonchev–Trinajstić information content (AvgIpc) is 2.43. The molecule has 1 aromatic carbocycles. The van der Waals surface area contributed by atoms with E-state index in [1.165, 1.54) is 0 Å². The fourth-order valence-corrected chi connectivity index (χ4v) is 2.50. The van der Waals surface area contributed by atoms with Crippen molar-refractivity contribution in [2.24, 2.45) is 5.73 Å². The third kappa shape index (κ3) is 2.69. The van der Waals surface area contributed by atoms with Crippen LogP contribution in [0.2, 0.25) is 0 Å². The van der Waals surface area contributed by atoms with Gasteiger partial charge in [0.15, 0.2) is 0 Å². The molecule has 1 heterocycles. The Morgan fingerprint density at radius 3 is 3.05 bits per heavy atom. The minimum absolute atomic E-state index is 0.00547. The molecule has 2 rings (SSSR count). The van der Waals surface area contributed by atoms with Gasteiger partial charge >= 0.3 is 0 Å². The Hall–Kier alpha value is -2.06. The number of hydrogen-bond donors (Lipinski definition) is 2. The summed E-state index contributed by atoms with van der Waals surface area (Å²) < 4.78 is 0. The van der Waals surface area contributed by atoms with Gasteiger partial charge in [-0.25, -0.2) is 0 Å². The van der Waals surface area contributed by atoms with E-state index in [1.54, 1.807) is 6.07 Å². The number of anilines is 1. The van der Waals surface area contributed by atoms with Crippen LogP contribution in [0.15, 0.2) is 24.3 Å². The number of nitrogens with one attached hydrogen (secondary N) is 1. The lowest BCUT2D eigenvalue weighted by molar-refractivity contribution is -0.123. The van der Waals surface area contributed by atoms with Gasteiger partial charge in [-0.15, -0.1) is 0 Å². The van der Waals surface area contributed by atoms with Crippen LogP contribution in [0.4, 0.5) is 5.69 Å². The highest BCUT2D eigenvalue weighted by Crippen LogP contribution is 2.24. The topological polar surface area (TPSA) is 82.2 Å². The Bertz CT molecular complexity index is 508. The van der Waals surface area contributed by atoms with E-state index < -0.39 is 0 Å². The van der Waals surface area contributed by atoms with Crippen LogP contribution >= 0.6 is 0 Å². The molecular weight excluding hydrogens is 240 g/mol. The summed E-state index contributed by atoms with van der Waals surface area (Å²) in [6.07, 6.45) is 0.604. The highest BCUT2D eigenvalue weighted by atomic mass is 16.2. The number of amides is 1. The minimum Gasteiger partial charge on any atom is -0.355 e. The molecule has 1 amide bonds. The normalized spacial score (nSPS) is 22.8. The van der Waals surface area contributed by atoms with Gasteiger partial charge in [-0.1, -0.05) is 6.07 Å². The van der Waals surface area contributed by atoms with E-state index in [0.717, 1.165) is 5.69 Å². The van der Waals surface area contributed by atoms with E-state index in [4.69, 9.17) is 11.0 Å². The van der Waals surface area contributed by atoms with Crippen LogP contribution in [0.3, 0.4) is 0 Å². The van der Waals surface area contributed by atoms with Crippen molar-refractivity contribution in [3.8, 4) is 6.07 Å². The summed E-state index contributed by atoms with van der Waals surface area (Å²) in [5.41, 5.74) is 7.11. The first-order valence-corrected chi connectivity index (χ1v) is 6.43. The zero-order valence-electron chi connectivity index (χ0n) is 11.0. The molecule has 5 nitrogen and oxygen atoms in total. The third-order valence-corrected chi connectivity index (χ3v) is 3.40. The zero-order chi connectivity index (χ0) is 13.8. The largest absolute Gasteiger partial charge is 0.355 e. The lowest BCUT2D eigenvalue weighted by Gasteiger charge is -2.41. The summed E-state index contributed by atoms with van der Waals surface area (Å²) in [6.45, 7) is 3.12. The van der Waals surface area contributed by atoms with E-state index in [2.05, 4.69) is 23.2 Å². The van der Waals surface area contributed by atoms with Crippen LogP contribution in [0.25, 0.3) is 0 Å². The molecule has 2 unspecified atom stereocenters. The Morgan fingerprint density at radius 1 is 1.58 bits per heavy atom. The fraction of sp³-hybridized carbons (Fsp3) is 0.429. The van der Waals surface area contributed by atoms with E-state index in [0.29, 0.717) is 25.1 Å². The molecule has 1 aliphatic heterocycles. The minimum atomic E-state index is -0.261. The molecule has 19 heavy (non-hydrogen) atoms. The summed E-state index contributed by atoms with van der Waals surface area (Å²) in [5.74, 6) is 0.00547. The second-order valence-electron chi connectivity index (χ2n) is 4.76. The molecule has 0 saturated carbocycles. The molecule has 0 aliphatic carbocycles. The van der Waals surface area contributed by atoms with Crippen LogP contribution in [-0.4, -0.2) is 31.1 Å². The summed E-state index contributed by atoms with van der Waals surface area (Å²) in [7, 11) is 0. The molecule has 1 saturated heterocycles. The van der Waals surface area contributed by atoms with Gasteiger partial charge in [0.05, 0.1) is 11.6 Å². The maximum Gasteiger partial charge on any atom is 0.242 e. The standard InChI is InChI=1S/C14H18N4O/c1-10-9-17-14(19)13(5-6-15)18(10)12-4-2-3-11(7-12)8-16/h2-4,7,10,13H,5-6,9,15H2,1H3,(H,17,19). The van der Waals surface area contributed by atoms with E-state index >= 15 is 0 Å². The highest BCUT2D eigenvalue weighted by Gasteiger charge is 2.33. The molecule has 1 fully saturated rings. The van der Waals surface area contributed by atoms with Gasteiger partial charge in [0.25, 0.3) is 0 Å². The van der Waals surface area contributed by atoms with Crippen LogP contribution < -0.4 is 16.0 Å². The number of carbonyl (C=O) groups excluding carboxylic acids is 1. The molecular formula is C14H18N4O. The molecule has 0 spiro atoms. The summed E-state index contributed by atoms with van der Waals surface area (Å²) >= 11 is 0. The Labute approximate surface area is 113 Å². The van der Waals surface area contributed by atoms with E-state index in [9.17, 15) is 4.79 Å². The predicted molar refractivity (Wildman–Crippen MR) is 73.6 cm³/mol. The molecule has 0 aromatic heterocycles. The molecule has 0 bridgehead atoms. The van der Waals surface area contributed by atoms with Gasteiger partial charge in [-0.2, -0.15) is 5.26 Å². The van der Waals surface area contributed by atoms with Crippen molar-refractivity contribution in [1.29, 1.82) is 5.26 Å². The number of nitriles is 1. The fourth-order valence-electron chi connectivity index (χ4n) is 2.50. The van der Waals surface area contributed by atoms with Gasteiger partial charge in [0.1, 0.15) is 6.04 Å².